The molecule has 0 spiro atoms. The largest absolute Gasteiger partial charge is 0.417 e. The van der Waals surface area contributed by atoms with E-state index in [4.69, 9.17) is 16.3 Å². The molecule has 0 bridgehead atoms. The van der Waals surface area contributed by atoms with Crippen molar-refractivity contribution >= 4 is 56.0 Å². The highest BCUT2D eigenvalue weighted by Crippen LogP contribution is 2.49. The van der Waals surface area contributed by atoms with Gasteiger partial charge in [0.05, 0.1) is 47.1 Å². The Labute approximate surface area is 274 Å². The van der Waals surface area contributed by atoms with Gasteiger partial charge in [-0.15, -0.1) is 11.8 Å². The molecule has 3 atom stereocenters. The zero-order valence-corrected chi connectivity index (χ0v) is 27.2. The summed E-state index contributed by atoms with van der Waals surface area (Å²) in [6.45, 7) is 3.24. The van der Waals surface area contributed by atoms with E-state index >= 15 is 4.39 Å². The molecule has 1 amide bonds. The number of aromatic nitrogens is 2. The molecular weight excluding hydrogens is 693 g/mol. The van der Waals surface area contributed by atoms with E-state index in [2.05, 4.69) is 11.6 Å². The third kappa shape index (κ3) is 5.79. The first-order valence-corrected chi connectivity index (χ1v) is 17.4. The summed E-state index contributed by atoms with van der Waals surface area (Å²) < 4.78 is 107. The summed E-state index contributed by atoms with van der Waals surface area (Å²) in [6, 6.07) is 0.431. The minimum atomic E-state index is -5.07. The Kier molecular flexibility index (Phi) is 8.60. The Bertz CT molecular complexity index is 1990. The number of fused-ring (bicyclic) bond motifs is 1. The highest BCUT2D eigenvalue weighted by atomic mass is 35.5. The third-order valence-corrected chi connectivity index (χ3v) is 11.5. The van der Waals surface area contributed by atoms with E-state index < -0.39 is 79.3 Å². The summed E-state index contributed by atoms with van der Waals surface area (Å²) >= 11 is 6.84. The molecule has 18 heteroatoms. The Morgan fingerprint density at radius 1 is 1.13 bits per heavy atom. The molecule has 2 saturated heterocycles. The van der Waals surface area contributed by atoms with E-state index in [1.807, 2.05) is 0 Å². The van der Waals surface area contributed by atoms with E-state index in [0.29, 0.717) is 6.07 Å². The molecule has 0 radical (unpaired) electrons. The van der Waals surface area contributed by atoms with Gasteiger partial charge in [0.2, 0.25) is 15.9 Å². The van der Waals surface area contributed by atoms with E-state index in [1.165, 1.54) is 16.6 Å². The van der Waals surface area contributed by atoms with Gasteiger partial charge in [0.25, 0.3) is 0 Å². The normalized spacial score (nSPS) is 22.0. The zero-order chi connectivity index (χ0) is 34.2. The highest BCUT2D eigenvalue weighted by molar-refractivity contribution is 7.99. The van der Waals surface area contributed by atoms with Crippen molar-refractivity contribution in [2.45, 2.75) is 35.8 Å². The van der Waals surface area contributed by atoms with Crippen molar-refractivity contribution in [3.8, 4) is 11.1 Å². The number of sulfonamides is 1. The molecule has 3 aromatic rings. The fourth-order valence-corrected chi connectivity index (χ4v) is 8.85. The number of amides is 1. The van der Waals surface area contributed by atoms with Crippen LogP contribution < -0.4 is 10.6 Å². The lowest BCUT2D eigenvalue weighted by atomic mass is 9.95. The van der Waals surface area contributed by atoms with Crippen LogP contribution in [0.4, 0.5) is 27.8 Å². The number of anilines is 1. The van der Waals surface area contributed by atoms with E-state index in [-0.39, 0.29) is 60.1 Å². The number of alkyl halides is 3. The van der Waals surface area contributed by atoms with Gasteiger partial charge in [-0.2, -0.15) is 22.5 Å². The summed E-state index contributed by atoms with van der Waals surface area (Å²) in [5, 5.41) is -0.703. The molecule has 10 nitrogen and oxygen atoms in total. The molecule has 0 saturated carbocycles. The summed E-state index contributed by atoms with van der Waals surface area (Å²) in [5.41, 5.74) is -3.33. The van der Waals surface area contributed by atoms with Crippen molar-refractivity contribution < 1.29 is 39.9 Å². The van der Waals surface area contributed by atoms with Gasteiger partial charge < -0.3 is 14.5 Å². The SMILES string of the molecule is C=CC(=O)N1CCN(c2nc(=O)n3c4c(c(-c5cc(Cl)c(F)cc5F)c(C(F)(F)F)cc24)SC[C@@H](OC)C3)C2CN(S(C)(=O)=O)CC21. The van der Waals surface area contributed by atoms with Gasteiger partial charge in [0.15, 0.2) is 0 Å². The number of methoxy groups -OCH3 is 1. The maximum atomic E-state index is 15.3. The van der Waals surface area contributed by atoms with Gasteiger partial charge in [-0.1, -0.05) is 18.2 Å². The van der Waals surface area contributed by atoms with E-state index in [0.717, 1.165) is 40.5 Å². The first-order chi connectivity index (χ1) is 22.0. The fourth-order valence-electron chi connectivity index (χ4n) is 6.52. The predicted molar refractivity (Wildman–Crippen MR) is 166 cm³/mol. The Balaban J connectivity index is 1.67. The Morgan fingerprint density at radius 3 is 2.47 bits per heavy atom. The van der Waals surface area contributed by atoms with Crippen molar-refractivity contribution in [2.75, 3.05) is 50.2 Å². The van der Waals surface area contributed by atoms with E-state index in [9.17, 15) is 35.6 Å². The summed E-state index contributed by atoms with van der Waals surface area (Å²) in [5.74, 6) is -2.98. The first kappa shape index (κ1) is 33.6. The van der Waals surface area contributed by atoms with Crippen LogP contribution in [0.15, 0.2) is 40.5 Å². The van der Waals surface area contributed by atoms with Gasteiger partial charge in [0, 0.05) is 66.5 Å². The summed E-state index contributed by atoms with van der Waals surface area (Å²) in [7, 11) is -2.37. The summed E-state index contributed by atoms with van der Waals surface area (Å²) in [4.78, 5) is 33.7. The number of halogens is 6. The van der Waals surface area contributed by atoms with Gasteiger partial charge in [-0.25, -0.2) is 22.0 Å². The first-order valence-electron chi connectivity index (χ1n) is 14.2. The van der Waals surface area contributed by atoms with Crippen LogP contribution in [0.1, 0.15) is 5.56 Å². The molecule has 1 aromatic heterocycles. The van der Waals surface area contributed by atoms with Crippen LogP contribution >= 0.6 is 23.4 Å². The Hall–Kier alpha value is -3.25. The van der Waals surface area contributed by atoms with Crippen LogP contribution in [0, 0.1) is 11.6 Å². The molecule has 3 aliphatic rings. The fraction of sp³-hybridized carbons (Fsp3) is 0.414. The van der Waals surface area contributed by atoms with Crippen LogP contribution in [0.2, 0.25) is 5.02 Å². The second-order valence-electron chi connectivity index (χ2n) is 11.4. The number of carbonyl (C=O) groups is 1. The quantitative estimate of drug-likeness (QED) is 0.222. The minimum Gasteiger partial charge on any atom is -0.379 e. The number of hydrogen-bond donors (Lipinski definition) is 0. The van der Waals surface area contributed by atoms with Crippen LogP contribution in [-0.4, -0.2) is 96.6 Å². The number of piperazine rings is 1. The monoisotopic (exact) mass is 719 g/mol. The average molecular weight is 720 g/mol. The highest BCUT2D eigenvalue weighted by Gasteiger charge is 2.48. The molecular formula is C29H27ClF5N5O5S2. The Morgan fingerprint density at radius 2 is 1.83 bits per heavy atom. The van der Waals surface area contributed by atoms with Crippen LogP contribution in [0.5, 0.6) is 0 Å². The molecule has 252 valence electrons. The van der Waals surface area contributed by atoms with Gasteiger partial charge in [0.1, 0.15) is 17.5 Å². The molecule has 4 heterocycles. The lowest BCUT2D eigenvalue weighted by molar-refractivity contribution is -0.137. The smallest absolute Gasteiger partial charge is 0.379 e. The number of rotatable bonds is 5. The molecule has 2 unspecified atom stereocenters. The van der Waals surface area contributed by atoms with Gasteiger partial charge in [-0.05, 0) is 18.2 Å². The van der Waals surface area contributed by atoms with Crippen molar-refractivity contribution in [1.29, 1.82) is 0 Å². The van der Waals surface area contributed by atoms with Crippen LogP contribution in [0.3, 0.4) is 0 Å². The summed E-state index contributed by atoms with van der Waals surface area (Å²) in [6.07, 6.45) is -3.63. The second-order valence-corrected chi connectivity index (χ2v) is 14.8. The number of carbonyl (C=O) groups excluding carboxylic acids is 1. The molecule has 2 fully saturated rings. The van der Waals surface area contributed by atoms with Crippen molar-refractivity contribution in [3.05, 3.63) is 63.6 Å². The average Bonchev–Trinajstić information content (AvgIpc) is 3.37. The molecule has 47 heavy (non-hydrogen) atoms. The van der Waals surface area contributed by atoms with Gasteiger partial charge in [-0.3, -0.25) is 9.36 Å². The number of nitrogens with zero attached hydrogens (tertiary/aromatic N) is 5. The second kappa shape index (κ2) is 12.0. The maximum absolute atomic E-state index is 15.3. The molecule has 2 aromatic carbocycles. The molecule has 6 rings (SSSR count). The third-order valence-electron chi connectivity index (χ3n) is 8.72. The molecule has 0 N–H and O–H groups in total. The van der Waals surface area contributed by atoms with E-state index in [1.54, 1.807) is 4.90 Å². The number of ether oxygens (including phenoxy) is 1. The zero-order valence-electron chi connectivity index (χ0n) is 24.9. The van der Waals surface area contributed by atoms with Crippen molar-refractivity contribution in [2.24, 2.45) is 0 Å². The van der Waals surface area contributed by atoms with Crippen molar-refractivity contribution in [1.82, 2.24) is 18.8 Å². The molecule has 3 aliphatic heterocycles. The lowest BCUT2D eigenvalue weighted by Crippen LogP contribution is -2.61. The maximum Gasteiger partial charge on any atom is 0.417 e. The lowest BCUT2D eigenvalue weighted by Gasteiger charge is -2.44. The van der Waals surface area contributed by atoms with Crippen LogP contribution in [-0.2, 0) is 32.3 Å². The van der Waals surface area contributed by atoms with Crippen molar-refractivity contribution in [3.63, 3.8) is 0 Å². The topological polar surface area (TPSA) is 105 Å². The molecule has 0 aliphatic carbocycles. The van der Waals surface area contributed by atoms with Gasteiger partial charge >= 0.3 is 11.9 Å². The number of thioether (sulfide) groups is 1. The standard InChI is InChI=1S/C29H27ClF5N5O5S2/c1-4-23(41)38-5-6-39(22-12-37(11-21(22)38)47(3,43)44)27-16-7-17(29(33,34)35)24(15-8-18(30)20(32)9-19(15)31)26-25(16)40(28(42)36-27)10-14(45-2)13-46-26/h4,7-9,14,21-22H,1,5-6,10-13H2,2-3H3/t14-,21?,22?/m0/s1. The predicted octanol–water partition coefficient (Wildman–Crippen LogP) is 3.98. The number of hydrogen-bond acceptors (Lipinski definition) is 8. The minimum absolute atomic E-state index is 0.00161. The number of benzene rings is 2. The van der Waals surface area contributed by atoms with Crippen LogP contribution in [0.25, 0.3) is 22.0 Å².